The molecule has 106 valence electrons. The van der Waals surface area contributed by atoms with Crippen LogP contribution in [-0.4, -0.2) is 20.8 Å². The first-order chi connectivity index (χ1) is 9.43. The largest absolute Gasteiger partial charge is 0.435 e. The van der Waals surface area contributed by atoms with Crippen LogP contribution in [0.25, 0.3) is 0 Å². The lowest BCUT2D eigenvalue weighted by Gasteiger charge is -2.08. The van der Waals surface area contributed by atoms with E-state index in [0.29, 0.717) is 11.8 Å². The van der Waals surface area contributed by atoms with Crippen LogP contribution in [0.5, 0.6) is 11.6 Å². The average Bonchev–Trinajstić information content (AvgIpc) is 2.66. The zero-order chi connectivity index (χ0) is 14.9. The minimum Gasteiger partial charge on any atom is -0.435 e. The van der Waals surface area contributed by atoms with Gasteiger partial charge >= 0.3 is 0 Å². The Hall–Kier alpha value is -2.64. The van der Waals surface area contributed by atoms with E-state index < -0.39 is 11.6 Å². The molecule has 0 aliphatic carbocycles. The summed E-state index contributed by atoms with van der Waals surface area (Å²) in [5.74, 6) is -1.90. The third-order valence-electron chi connectivity index (χ3n) is 2.63. The number of amidine groups is 1. The lowest BCUT2D eigenvalue weighted by Crippen LogP contribution is -2.15. The van der Waals surface area contributed by atoms with Gasteiger partial charge in [-0.1, -0.05) is 5.16 Å². The van der Waals surface area contributed by atoms with E-state index in [2.05, 4.69) is 10.3 Å². The summed E-state index contributed by atoms with van der Waals surface area (Å²) >= 11 is 0. The van der Waals surface area contributed by atoms with E-state index in [9.17, 15) is 8.78 Å². The molecular weight excluding hydrogens is 270 g/mol. The molecule has 2 rings (SSSR count). The zero-order valence-electron chi connectivity index (χ0n) is 10.8. The number of aromatic nitrogens is 2. The molecule has 0 atom stereocenters. The van der Waals surface area contributed by atoms with Crippen molar-refractivity contribution in [3.8, 4) is 11.6 Å². The van der Waals surface area contributed by atoms with Crippen LogP contribution >= 0.6 is 0 Å². The summed E-state index contributed by atoms with van der Waals surface area (Å²) in [5, 5.41) is 15.7. The molecule has 0 amide bonds. The number of nitrogens with zero attached hydrogens (tertiary/aromatic N) is 3. The third kappa shape index (κ3) is 2.40. The summed E-state index contributed by atoms with van der Waals surface area (Å²) in [6, 6.07) is 2.90. The Morgan fingerprint density at radius 3 is 2.75 bits per heavy atom. The predicted molar refractivity (Wildman–Crippen MR) is 66.9 cm³/mol. The highest BCUT2D eigenvalue weighted by molar-refractivity contribution is 6.00. The van der Waals surface area contributed by atoms with Crippen molar-refractivity contribution in [2.24, 2.45) is 17.9 Å². The van der Waals surface area contributed by atoms with Crippen molar-refractivity contribution in [1.29, 1.82) is 0 Å². The van der Waals surface area contributed by atoms with Crippen LogP contribution in [0, 0.1) is 18.6 Å². The summed E-state index contributed by atoms with van der Waals surface area (Å²) < 4.78 is 33.1. The van der Waals surface area contributed by atoms with Crippen LogP contribution in [0.3, 0.4) is 0 Å². The Kier molecular flexibility index (Phi) is 3.55. The highest BCUT2D eigenvalue weighted by Crippen LogP contribution is 2.29. The highest BCUT2D eigenvalue weighted by atomic mass is 19.1. The molecule has 3 N–H and O–H groups in total. The molecule has 2 aromatic rings. The Morgan fingerprint density at radius 2 is 2.15 bits per heavy atom. The normalized spacial score (nSPS) is 11.7. The molecule has 1 heterocycles. The SMILES string of the molecule is Cc1nn(C)c(Oc2ccc(F)cc2F)c1C(N)=NO. The predicted octanol–water partition coefficient (Wildman–Crippen LogP) is 1.89. The van der Waals surface area contributed by atoms with Crippen molar-refractivity contribution >= 4 is 5.84 Å². The van der Waals surface area contributed by atoms with Gasteiger partial charge in [0.25, 0.3) is 0 Å². The molecule has 0 unspecified atom stereocenters. The molecular formula is C12H12F2N4O2. The molecule has 0 fully saturated rings. The molecule has 0 aliphatic heterocycles. The van der Waals surface area contributed by atoms with Gasteiger partial charge in [-0.3, -0.25) is 0 Å². The summed E-state index contributed by atoms with van der Waals surface area (Å²) in [5.41, 5.74) is 6.22. The highest BCUT2D eigenvalue weighted by Gasteiger charge is 2.20. The number of nitrogens with two attached hydrogens (primary N) is 1. The van der Waals surface area contributed by atoms with Crippen molar-refractivity contribution in [1.82, 2.24) is 9.78 Å². The van der Waals surface area contributed by atoms with Crippen LogP contribution in [0.2, 0.25) is 0 Å². The lowest BCUT2D eigenvalue weighted by atomic mass is 10.2. The molecule has 1 aromatic heterocycles. The second kappa shape index (κ2) is 5.16. The Morgan fingerprint density at radius 1 is 1.45 bits per heavy atom. The van der Waals surface area contributed by atoms with Crippen LogP contribution < -0.4 is 10.5 Å². The first kappa shape index (κ1) is 13.8. The molecule has 0 saturated carbocycles. The summed E-state index contributed by atoms with van der Waals surface area (Å²) in [6.07, 6.45) is 0. The van der Waals surface area contributed by atoms with Gasteiger partial charge < -0.3 is 15.7 Å². The van der Waals surface area contributed by atoms with E-state index in [1.54, 1.807) is 14.0 Å². The molecule has 0 radical (unpaired) electrons. The molecule has 0 aliphatic rings. The van der Waals surface area contributed by atoms with Crippen molar-refractivity contribution in [3.05, 3.63) is 41.1 Å². The van der Waals surface area contributed by atoms with Gasteiger partial charge in [-0.15, -0.1) is 0 Å². The second-order valence-corrected chi connectivity index (χ2v) is 4.05. The van der Waals surface area contributed by atoms with Crippen molar-refractivity contribution in [2.75, 3.05) is 0 Å². The molecule has 0 bridgehead atoms. The van der Waals surface area contributed by atoms with Gasteiger partial charge in [0.2, 0.25) is 5.88 Å². The van der Waals surface area contributed by atoms with Crippen molar-refractivity contribution in [2.45, 2.75) is 6.92 Å². The fourth-order valence-corrected chi connectivity index (χ4v) is 1.76. The lowest BCUT2D eigenvalue weighted by molar-refractivity contribution is 0.318. The molecule has 8 heteroatoms. The topological polar surface area (TPSA) is 85.7 Å². The minimum absolute atomic E-state index is 0.0864. The third-order valence-corrected chi connectivity index (χ3v) is 2.63. The summed E-state index contributed by atoms with van der Waals surface area (Å²) in [4.78, 5) is 0. The molecule has 20 heavy (non-hydrogen) atoms. The Bertz CT molecular complexity index is 682. The first-order valence-corrected chi connectivity index (χ1v) is 5.58. The number of hydrogen-bond acceptors (Lipinski definition) is 4. The molecule has 6 nitrogen and oxygen atoms in total. The maximum absolute atomic E-state index is 13.6. The fraction of sp³-hybridized carbons (Fsp3) is 0.167. The maximum Gasteiger partial charge on any atom is 0.229 e. The Balaban J connectivity index is 2.48. The van der Waals surface area contributed by atoms with Gasteiger partial charge in [-0.25, -0.2) is 13.5 Å². The van der Waals surface area contributed by atoms with Crippen LogP contribution in [0.1, 0.15) is 11.3 Å². The van der Waals surface area contributed by atoms with Gasteiger partial charge in [0.05, 0.1) is 5.69 Å². The zero-order valence-corrected chi connectivity index (χ0v) is 10.8. The molecule has 0 saturated heterocycles. The van der Waals surface area contributed by atoms with Gasteiger partial charge in [-0.05, 0) is 19.1 Å². The van der Waals surface area contributed by atoms with Crippen LogP contribution in [0.4, 0.5) is 8.78 Å². The van der Waals surface area contributed by atoms with E-state index >= 15 is 0 Å². The van der Waals surface area contributed by atoms with Gasteiger partial charge in [0.15, 0.2) is 17.4 Å². The summed E-state index contributed by atoms with van der Waals surface area (Å²) in [7, 11) is 1.55. The number of benzene rings is 1. The second-order valence-electron chi connectivity index (χ2n) is 4.05. The number of ether oxygens (including phenoxy) is 1. The smallest absolute Gasteiger partial charge is 0.229 e. The number of hydrogen-bond donors (Lipinski definition) is 2. The van der Waals surface area contributed by atoms with Gasteiger partial charge in [0.1, 0.15) is 11.4 Å². The number of rotatable bonds is 3. The van der Waals surface area contributed by atoms with E-state index in [4.69, 9.17) is 15.7 Å². The quantitative estimate of drug-likeness (QED) is 0.389. The molecule has 1 aromatic carbocycles. The monoisotopic (exact) mass is 282 g/mol. The standard InChI is InChI=1S/C12H12F2N4O2/c1-6-10(11(15)17-19)12(18(2)16-6)20-9-4-3-7(13)5-8(9)14/h3-5,19H,1-2H3,(H2,15,17). The first-order valence-electron chi connectivity index (χ1n) is 5.58. The van der Waals surface area contributed by atoms with Crippen molar-refractivity contribution in [3.63, 3.8) is 0 Å². The number of oxime groups is 1. The Labute approximate surface area is 113 Å². The van der Waals surface area contributed by atoms with Crippen molar-refractivity contribution < 1.29 is 18.7 Å². The van der Waals surface area contributed by atoms with Gasteiger partial charge in [-0.2, -0.15) is 5.10 Å². The maximum atomic E-state index is 13.6. The minimum atomic E-state index is -0.866. The van der Waals surface area contributed by atoms with Gasteiger partial charge in [0, 0.05) is 13.1 Å². The fourth-order valence-electron chi connectivity index (χ4n) is 1.76. The average molecular weight is 282 g/mol. The van der Waals surface area contributed by atoms with E-state index in [1.165, 1.54) is 4.68 Å². The molecule has 0 spiro atoms. The number of halogens is 2. The van der Waals surface area contributed by atoms with E-state index in [0.717, 1.165) is 12.1 Å². The summed E-state index contributed by atoms with van der Waals surface area (Å²) in [6.45, 7) is 1.63. The van der Waals surface area contributed by atoms with E-state index in [-0.39, 0.29) is 23.0 Å². The van der Waals surface area contributed by atoms with Crippen LogP contribution in [0.15, 0.2) is 23.4 Å². The number of aryl methyl sites for hydroxylation is 2. The van der Waals surface area contributed by atoms with E-state index in [1.807, 2.05) is 0 Å². The van der Waals surface area contributed by atoms with Crippen LogP contribution in [-0.2, 0) is 7.05 Å².